The average Bonchev–Trinajstić information content (AvgIpc) is 2.66. The molecule has 3 rings (SSSR count). The summed E-state index contributed by atoms with van der Waals surface area (Å²) in [6.45, 7) is 1.84. The van der Waals surface area contributed by atoms with E-state index in [1.54, 1.807) is 37.3 Å². The van der Waals surface area contributed by atoms with Gasteiger partial charge in [0, 0.05) is 19.3 Å². The number of benzene rings is 2. The minimum Gasteiger partial charge on any atom is -0.506 e. The topological polar surface area (TPSA) is 71.8 Å². The summed E-state index contributed by atoms with van der Waals surface area (Å²) in [5, 5.41) is 10.3. The lowest BCUT2D eigenvalue weighted by Gasteiger charge is -2.22. The molecule has 29 heavy (non-hydrogen) atoms. The van der Waals surface area contributed by atoms with Crippen LogP contribution in [-0.2, 0) is 7.05 Å². The van der Waals surface area contributed by atoms with Gasteiger partial charge in [-0.1, -0.05) is 24.3 Å². The summed E-state index contributed by atoms with van der Waals surface area (Å²) in [5.41, 5.74) is -1.00. The van der Waals surface area contributed by atoms with E-state index in [0.29, 0.717) is 5.69 Å². The number of fused-ring (bicyclic) bond motifs is 1. The molecule has 0 spiro atoms. The third kappa shape index (κ3) is 3.75. The number of ether oxygens (including phenoxy) is 1. The molecule has 1 aromatic heterocycles. The number of hydrogen-bond donors (Lipinski definition) is 1. The highest BCUT2D eigenvalue weighted by Gasteiger charge is 2.34. The maximum absolute atomic E-state index is 13.1. The number of nitrogens with zero attached hydrogens (tertiary/aromatic N) is 2. The number of anilines is 1. The Kier molecular flexibility index (Phi) is 5.23. The van der Waals surface area contributed by atoms with Gasteiger partial charge in [-0.15, -0.1) is 13.2 Å². The second kappa shape index (κ2) is 7.50. The van der Waals surface area contributed by atoms with Crippen molar-refractivity contribution in [3.05, 3.63) is 64.4 Å². The van der Waals surface area contributed by atoms with Crippen molar-refractivity contribution in [3.63, 3.8) is 0 Å². The molecule has 0 unspecified atom stereocenters. The van der Waals surface area contributed by atoms with Crippen LogP contribution in [0.25, 0.3) is 10.9 Å². The molecule has 2 aromatic carbocycles. The first-order chi connectivity index (χ1) is 13.7. The van der Waals surface area contributed by atoms with E-state index in [-0.39, 0.29) is 17.4 Å². The van der Waals surface area contributed by atoms with Gasteiger partial charge in [-0.05, 0) is 31.2 Å². The van der Waals surface area contributed by atoms with Gasteiger partial charge in [0.1, 0.15) is 17.1 Å². The number of carbonyl (C=O) groups excluding carboxylic acids is 1. The molecule has 0 aliphatic rings. The van der Waals surface area contributed by atoms with Crippen molar-refractivity contribution < 1.29 is 27.8 Å². The lowest BCUT2D eigenvalue weighted by Crippen LogP contribution is -2.36. The van der Waals surface area contributed by atoms with E-state index >= 15 is 0 Å². The van der Waals surface area contributed by atoms with Gasteiger partial charge in [-0.2, -0.15) is 0 Å². The fourth-order valence-electron chi connectivity index (χ4n) is 3.13. The lowest BCUT2D eigenvalue weighted by atomic mass is 10.1. The van der Waals surface area contributed by atoms with Crippen LogP contribution in [0.3, 0.4) is 0 Å². The zero-order valence-electron chi connectivity index (χ0n) is 15.5. The first-order valence-corrected chi connectivity index (χ1v) is 8.63. The van der Waals surface area contributed by atoms with Crippen LogP contribution in [0, 0.1) is 0 Å². The van der Waals surface area contributed by atoms with Crippen LogP contribution in [-0.4, -0.2) is 28.5 Å². The Morgan fingerprint density at radius 1 is 1.14 bits per heavy atom. The van der Waals surface area contributed by atoms with Crippen LogP contribution in [0.5, 0.6) is 11.5 Å². The van der Waals surface area contributed by atoms with E-state index in [1.165, 1.54) is 24.1 Å². The number of aryl methyl sites for hydroxylation is 1. The standard InChI is InChI=1S/C20H17F3N2O4/c1-3-25(12-8-5-4-6-9-12)19(28)16-17(26)15-13(24(2)18(16)27)10-7-11-14(15)29-20(21,22)23/h4-11,26H,3H2,1-2H3. The van der Waals surface area contributed by atoms with Gasteiger partial charge in [0.25, 0.3) is 11.5 Å². The minimum atomic E-state index is -5.01. The monoisotopic (exact) mass is 406 g/mol. The van der Waals surface area contributed by atoms with Crippen molar-refractivity contribution in [1.29, 1.82) is 0 Å². The number of aromatic hydroxyl groups is 1. The maximum atomic E-state index is 13.1. The average molecular weight is 406 g/mol. The lowest BCUT2D eigenvalue weighted by molar-refractivity contribution is -0.274. The first kappa shape index (κ1) is 20.2. The van der Waals surface area contributed by atoms with Crippen LogP contribution in [0.1, 0.15) is 17.3 Å². The first-order valence-electron chi connectivity index (χ1n) is 8.63. The highest BCUT2D eigenvalue weighted by atomic mass is 19.4. The fraction of sp³-hybridized carbons (Fsp3) is 0.200. The molecular weight excluding hydrogens is 389 g/mol. The molecule has 0 aliphatic heterocycles. The number of aromatic nitrogens is 1. The highest BCUT2D eigenvalue weighted by Crippen LogP contribution is 2.37. The van der Waals surface area contributed by atoms with Crippen molar-refractivity contribution in [2.24, 2.45) is 7.05 Å². The molecule has 0 radical (unpaired) electrons. The second-order valence-corrected chi connectivity index (χ2v) is 6.17. The van der Waals surface area contributed by atoms with Gasteiger partial charge >= 0.3 is 6.36 Å². The van der Waals surface area contributed by atoms with Gasteiger partial charge in [0.05, 0.1) is 10.9 Å². The Bertz CT molecular complexity index is 1120. The Hall–Kier alpha value is -3.49. The predicted octanol–water partition coefficient (Wildman–Crippen LogP) is 3.81. The predicted molar refractivity (Wildman–Crippen MR) is 101 cm³/mol. The molecule has 6 nitrogen and oxygen atoms in total. The number of rotatable bonds is 4. The van der Waals surface area contributed by atoms with Gasteiger partial charge in [-0.3, -0.25) is 9.59 Å². The maximum Gasteiger partial charge on any atom is 0.573 e. The minimum absolute atomic E-state index is 0.00596. The van der Waals surface area contributed by atoms with Crippen molar-refractivity contribution in [2.75, 3.05) is 11.4 Å². The summed E-state index contributed by atoms with van der Waals surface area (Å²) < 4.78 is 43.4. The van der Waals surface area contributed by atoms with Crippen LogP contribution < -0.4 is 15.2 Å². The second-order valence-electron chi connectivity index (χ2n) is 6.17. The van der Waals surface area contributed by atoms with Crippen molar-refractivity contribution in [3.8, 4) is 11.5 Å². The molecule has 0 aliphatic carbocycles. The third-order valence-electron chi connectivity index (χ3n) is 4.43. The van der Waals surface area contributed by atoms with Gasteiger partial charge in [-0.25, -0.2) is 0 Å². The summed E-state index contributed by atoms with van der Waals surface area (Å²) in [6.07, 6.45) is -5.01. The molecule has 1 N–H and O–H groups in total. The van der Waals surface area contributed by atoms with E-state index in [0.717, 1.165) is 10.6 Å². The Morgan fingerprint density at radius 2 is 1.79 bits per heavy atom. The largest absolute Gasteiger partial charge is 0.573 e. The summed E-state index contributed by atoms with van der Waals surface area (Å²) in [5.74, 6) is -2.40. The summed E-state index contributed by atoms with van der Waals surface area (Å²) in [6, 6.07) is 12.0. The molecule has 3 aromatic rings. The van der Waals surface area contributed by atoms with Gasteiger partial charge in [0.15, 0.2) is 0 Å². The Labute approximate surface area is 163 Å². The molecule has 0 bridgehead atoms. The van der Waals surface area contributed by atoms with Gasteiger partial charge in [0.2, 0.25) is 0 Å². The quantitative estimate of drug-likeness (QED) is 0.715. The summed E-state index contributed by atoms with van der Waals surface area (Å²) in [7, 11) is 1.30. The number of alkyl halides is 3. The Morgan fingerprint density at radius 3 is 2.38 bits per heavy atom. The molecule has 0 saturated heterocycles. The molecule has 0 atom stereocenters. The number of hydrogen-bond acceptors (Lipinski definition) is 4. The number of amides is 1. The van der Waals surface area contributed by atoms with Crippen molar-refractivity contribution in [1.82, 2.24) is 4.57 Å². The van der Waals surface area contributed by atoms with Crippen LogP contribution >= 0.6 is 0 Å². The van der Waals surface area contributed by atoms with Crippen LogP contribution in [0.15, 0.2) is 53.3 Å². The summed E-state index contributed by atoms with van der Waals surface area (Å²) >= 11 is 0. The van der Waals surface area contributed by atoms with E-state index in [1.807, 2.05) is 0 Å². The van der Waals surface area contributed by atoms with Crippen molar-refractivity contribution >= 4 is 22.5 Å². The molecule has 1 amide bonds. The molecule has 152 valence electrons. The number of halogens is 3. The van der Waals surface area contributed by atoms with Crippen molar-refractivity contribution in [2.45, 2.75) is 13.3 Å². The Balaban J connectivity index is 2.27. The van der Waals surface area contributed by atoms with E-state index < -0.39 is 34.9 Å². The molecule has 0 saturated carbocycles. The fourth-order valence-corrected chi connectivity index (χ4v) is 3.13. The zero-order valence-corrected chi connectivity index (χ0v) is 15.5. The zero-order chi connectivity index (χ0) is 21.3. The molecule has 9 heteroatoms. The number of para-hydroxylation sites is 1. The smallest absolute Gasteiger partial charge is 0.506 e. The number of pyridine rings is 1. The van der Waals surface area contributed by atoms with Gasteiger partial charge < -0.3 is 19.3 Å². The summed E-state index contributed by atoms with van der Waals surface area (Å²) in [4.78, 5) is 27.1. The van der Waals surface area contributed by atoms with E-state index in [2.05, 4.69) is 4.74 Å². The molecule has 0 fully saturated rings. The molecular formula is C20H17F3N2O4. The highest BCUT2D eigenvalue weighted by molar-refractivity contribution is 6.11. The van der Waals surface area contributed by atoms with Crippen LogP contribution in [0.2, 0.25) is 0 Å². The number of carbonyl (C=O) groups is 1. The SMILES string of the molecule is CCN(C(=O)c1c(O)c2c(OC(F)(F)F)cccc2n(C)c1=O)c1ccccc1. The van der Waals surface area contributed by atoms with E-state index in [4.69, 9.17) is 0 Å². The van der Waals surface area contributed by atoms with Crippen LogP contribution in [0.4, 0.5) is 18.9 Å². The normalized spacial score (nSPS) is 11.5. The molecule has 1 heterocycles. The van der Waals surface area contributed by atoms with E-state index in [9.17, 15) is 27.9 Å². The third-order valence-corrected chi connectivity index (χ3v) is 4.43.